The molecular formula is C81H58N2. The minimum absolute atomic E-state index is 0.108. The first-order valence-corrected chi connectivity index (χ1v) is 30.3. The quantitative estimate of drug-likeness (QED) is 0.157. The van der Waals surface area contributed by atoms with E-state index in [1.165, 1.54) is 159 Å². The van der Waals surface area contributed by atoms with Crippen LogP contribution in [0.25, 0.3) is 110 Å². The van der Waals surface area contributed by atoms with Crippen molar-refractivity contribution in [3.63, 3.8) is 0 Å². The summed E-state index contributed by atoms with van der Waals surface area (Å²) in [6.07, 6.45) is 6.99. The van der Waals surface area contributed by atoms with Crippen LogP contribution in [0, 0.1) is 23.7 Å². The molecule has 4 bridgehead atoms. The summed E-state index contributed by atoms with van der Waals surface area (Å²) in [5, 5.41) is 7.49. The number of nitrogens with zero attached hydrogens (tertiary/aromatic N) is 2. The lowest BCUT2D eigenvalue weighted by molar-refractivity contribution is -0.0399. The molecule has 20 rings (SSSR count). The molecule has 0 aliphatic heterocycles. The van der Waals surface area contributed by atoms with Crippen molar-refractivity contribution in [1.82, 2.24) is 9.13 Å². The van der Waals surface area contributed by atoms with Crippen LogP contribution in [0.5, 0.6) is 0 Å². The second-order valence-corrected chi connectivity index (χ2v) is 25.1. The molecule has 0 amide bonds. The Kier molecular flexibility index (Phi) is 9.47. The Balaban J connectivity index is 0.798. The van der Waals surface area contributed by atoms with Crippen LogP contribution < -0.4 is 0 Å². The second-order valence-electron chi connectivity index (χ2n) is 25.1. The van der Waals surface area contributed by atoms with Gasteiger partial charge in [-0.1, -0.05) is 212 Å². The van der Waals surface area contributed by atoms with E-state index in [-0.39, 0.29) is 5.41 Å². The molecule has 0 saturated heterocycles. The number of fused-ring (bicyclic) bond motifs is 13. The first-order valence-electron chi connectivity index (χ1n) is 30.3. The lowest BCUT2D eigenvalue weighted by atomic mass is 9.43. The van der Waals surface area contributed by atoms with Crippen molar-refractivity contribution in [3.8, 4) is 55.9 Å². The standard InChI is InChI=1S/C81H58N2/c1-3-18-57(19-4-1)80(58-20-5-2-6-21-58)72-39-34-61(49-70(72)65-36-31-54(46-74(65)80)53-30-35-64-63-23-9-12-26-71(63)81(73(64)45-53)59-41-50-40-51(43-59)44-60(81)42-50)82-76-27-13-10-24-66(76)68-37-32-55(47-78(68)82)56-33-38-69-67-25-11-14-28-77(67)83(79(69)48-56)75-29-15-17-52-16-7-8-22-62(52)75/h1-39,45-51,59-60H,40-44H2. The lowest BCUT2D eigenvalue weighted by Gasteiger charge is -2.61. The number of rotatable bonds is 6. The van der Waals surface area contributed by atoms with Gasteiger partial charge in [-0.05, 0) is 194 Å². The van der Waals surface area contributed by atoms with Gasteiger partial charge in [-0.25, -0.2) is 0 Å². The van der Waals surface area contributed by atoms with Crippen LogP contribution in [0.3, 0.4) is 0 Å². The van der Waals surface area contributed by atoms with E-state index in [4.69, 9.17) is 0 Å². The number of benzene rings is 12. The van der Waals surface area contributed by atoms with Gasteiger partial charge in [0.05, 0.1) is 33.2 Å². The predicted octanol–water partition coefficient (Wildman–Crippen LogP) is 20.5. The summed E-state index contributed by atoms with van der Waals surface area (Å²) in [4.78, 5) is 0. The zero-order chi connectivity index (χ0) is 54.1. The number of para-hydroxylation sites is 2. The number of aromatic nitrogens is 2. The molecule has 4 saturated carbocycles. The number of hydrogen-bond donors (Lipinski definition) is 0. The molecule has 392 valence electrons. The van der Waals surface area contributed by atoms with Crippen LogP contribution >= 0.6 is 0 Å². The third-order valence-corrected chi connectivity index (χ3v) is 21.4. The minimum atomic E-state index is -0.557. The van der Waals surface area contributed by atoms with Crippen molar-refractivity contribution < 1.29 is 0 Å². The normalized spacial score (nSPS) is 20.4. The Morgan fingerprint density at radius 2 is 0.783 bits per heavy atom. The van der Waals surface area contributed by atoms with Gasteiger partial charge in [0.1, 0.15) is 0 Å². The van der Waals surface area contributed by atoms with Gasteiger partial charge in [0, 0.05) is 38.0 Å². The largest absolute Gasteiger partial charge is 0.309 e. The fourth-order valence-corrected chi connectivity index (χ4v) is 18.4. The molecule has 4 fully saturated rings. The van der Waals surface area contributed by atoms with Gasteiger partial charge in [0.15, 0.2) is 0 Å². The topological polar surface area (TPSA) is 9.86 Å². The Labute approximate surface area is 483 Å². The van der Waals surface area contributed by atoms with E-state index in [0.29, 0.717) is 0 Å². The molecule has 2 heterocycles. The average molecular weight is 1060 g/mol. The third kappa shape index (κ3) is 6.18. The van der Waals surface area contributed by atoms with Crippen molar-refractivity contribution in [2.45, 2.75) is 42.9 Å². The van der Waals surface area contributed by atoms with E-state index in [0.717, 1.165) is 29.4 Å². The summed E-state index contributed by atoms with van der Waals surface area (Å²) in [7, 11) is 0. The Morgan fingerprint density at radius 1 is 0.289 bits per heavy atom. The molecule has 12 aromatic carbocycles. The maximum absolute atomic E-state index is 2.67. The molecule has 0 unspecified atom stereocenters. The zero-order valence-electron chi connectivity index (χ0n) is 46.1. The minimum Gasteiger partial charge on any atom is -0.309 e. The van der Waals surface area contributed by atoms with E-state index in [1.807, 2.05) is 0 Å². The summed E-state index contributed by atoms with van der Waals surface area (Å²) in [6.45, 7) is 0. The smallest absolute Gasteiger partial charge is 0.0713 e. The predicted molar refractivity (Wildman–Crippen MR) is 344 cm³/mol. The van der Waals surface area contributed by atoms with Crippen molar-refractivity contribution in [2.75, 3.05) is 0 Å². The molecule has 0 N–H and O–H groups in total. The van der Waals surface area contributed by atoms with Crippen LogP contribution in [0.2, 0.25) is 0 Å². The summed E-state index contributed by atoms with van der Waals surface area (Å²) in [5.74, 6) is 3.24. The Bertz CT molecular complexity index is 4980. The first kappa shape index (κ1) is 46.1. The Hall–Kier alpha value is -9.50. The van der Waals surface area contributed by atoms with Gasteiger partial charge in [-0.3, -0.25) is 0 Å². The van der Waals surface area contributed by atoms with E-state index in [1.54, 1.807) is 11.1 Å². The maximum atomic E-state index is 2.67. The van der Waals surface area contributed by atoms with Gasteiger partial charge in [-0.2, -0.15) is 0 Å². The highest BCUT2D eigenvalue weighted by atomic mass is 15.0. The molecule has 1 spiro atoms. The first-order chi connectivity index (χ1) is 41.1. The molecule has 0 radical (unpaired) electrons. The van der Waals surface area contributed by atoms with Crippen molar-refractivity contribution in [3.05, 3.63) is 300 Å². The summed E-state index contributed by atoms with van der Waals surface area (Å²) < 4.78 is 5.01. The SMILES string of the molecule is c1ccc(C2(c3ccccc3)c3ccc(-n4c5ccccc5c5ccc(-c6ccc7c8ccccc8n(-c8cccc9ccccc89)c7c6)cc54)cc3-c3ccc(-c4ccc5c(c4)C4(c6ccccc6-5)C5CC6CC(C5)CC4C6)cc32)cc1. The summed E-state index contributed by atoms with van der Waals surface area (Å²) in [5.41, 5.74) is 25.7. The highest BCUT2D eigenvalue weighted by molar-refractivity contribution is 6.13. The Morgan fingerprint density at radius 3 is 1.46 bits per heavy atom. The highest BCUT2D eigenvalue weighted by Crippen LogP contribution is 2.70. The van der Waals surface area contributed by atoms with Crippen LogP contribution in [0.1, 0.15) is 65.5 Å². The summed E-state index contributed by atoms with van der Waals surface area (Å²) in [6, 6.07) is 102. The third-order valence-electron chi connectivity index (χ3n) is 21.4. The average Bonchev–Trinajstić information content (AvgIpc) is 1.76. The molecule has 6 aliphatic carbocycles. The van der Waals surface area contributed by atoms with E-state index >= 15 is 0 Å². The van der Waals surface area contributed by atoms with Gasteiger partial charge in [0.25, 0.3) is 0 Å². The molecule has 14 aromatic rings. The van der Waals surface area contributed by atoms with Crippen LogP contribution in [0.15, 0.2) is 267 Å². The highest BCUT2D eigenvalue weighted by Gasteiger charge is 2.61. The molecule has 2 heteroatoms. The lowest BCUT2D eigenvalue weighted by Crippen LogP contribution is -2.55. The molecular weight excluding hydrogens is 1000 g/mol. The van der Waals surface area contributed by atoms with Crippen molar-refractivity contribution >= 4 is 54.4 Å². The monoisotopic (exact) mass is 1060 g/mol. The number of hydrogen-bond acceptors (Lipinski definition) is 0. The van der Waals surface area contributed by atoms with Gasteiger partial charge < -0.3 is 9.13 Å². The van der Waals surface area contributed by atoms with Crippen LogP contribution in [-0.2, 0) is 10.8 Å². The van der Waals surface area contributed by atoms with Crippen molar-refractivity contribution in [1.29, 1.82) is 0 Å². The summed E-state index contributed by atoms with van der Waals surface area (Å²) >= 11 is 0. The molecule has 2 nitrogen and oxygen atoms in total. The molecule has 2 aromatic heterocycles. The van der Waals surface area contributed by atoms with Crippen LogP contribution in [-0.4, -0.2) is 9.13 Å². The fraction of sp³-hybridized carbons (Fsp3) is 0.136. The van der Waals surface area contributed by atoms with E-state index in [9.17, 15) is 0 Å². The van der Waals surface area contributed by atoms with Gasteiger partial charge in [-0.15, -0.1) is 0 Å². The molecule has 6 aliphatic rings. The van der Waals surface area contributed by atoms with E-state index < -0.39 is 5.41 Å². The van der Waals surface area contributed by atoms with Crippen molar-refractivity contribution in [2.24, 2.45) is 23.7 Å². The second kappa shape index (κ2) is 17.0. The van der Waals surface area contributed by atoms with E-state index in [2.05, 4.69) is 276 Å². The molecule has 83 heavy (non-hydrogen) atoms. The maximum Gasteiger partial charge on any atom is 0.0713 e. The van der Waals surface area contributed by atoms with Crippen LogP contribution in [0.4, 0.5) is 0 Å². The van der Waals surface area contributed by atoms with Gasteiger partial charge >= 0.3 is 0 Å². The zero-order valence-corrected chi connectivity index (χ0v) is 46.1. The molecule has 0 atom stereocenters. The fourth-order valence-electron chi connectivity index (χ4n) is 18.4. The van der Waals surface area contributed by atoms with Gasteiger partial charge in [0.2, 0.25) is 0 Å².